The van der Waals surface area contributed by atoms with Crippen molar-refractivity contribution in [1.29, 1.82) is 0 Å². The van der Waals surface area contributed by atoms with Gasteiger partial charge in [-0.3, -0.25) is 24.0 Å². The van der Waals surface area contributed by atoms with Crippen molar-refractivity contribution >= 4 is 35.4 Å². The molecule has 0 unspecified atom stereocenters. The molecule has 212 valence electrons. The summed E-state index contributed by atoms with van der Waals surface area (Å²) in [6.45, 7) is 15.1. The highest BCUT2D eigenvalue weighted by Gasteiger charge is 2.33. The molecule has 0 bridgehead atoms. The Morgan fingerprint density at radius 1 is 0.649 bits per heavy atom. The van der Waals surface area contributed by atoms with E-state index in [0.29, 0.717) is 0 Å². The molecule has 37 heavy (non-hydrogen) atoms. The monoisotopic (exact) mass is 527 g/mol. The van der Waals surface area contributed by atoms with E-state index in [0.717, 1.165) is 0 Å². The minimum atomic E-state index is -1.25. The van der Waals surface area contributed by atoms with Gasteiger partial charge in [0.05, 0.1) is 12.1 Å². The number of hydrogen-bond acceptors (Lipinski definition) is 7. The van der Waals surface area contributed by atoms with E-state index in [1.54, 1.807) is 55.4 Å². The summed E-state index contributed by atoms with van der Waals surface area (Å²) < 4.78 is 0. The van der Waals surface area contributed by atoms with Gasteiger partial charge in [-0.2, -0.15) is 0 Å². The molecule has 0 spiro atoms. The van der Waals surface area contributed by atoms with Crippen molar-refractivity contribution in [3.63, 3.8) is 0 Å². The Morgan fingerprint density at radius 2 is 1.14 bits per heavy atom. The molecule has 0 aliphatic carbocycles. The predicted molar refractivity (Wildman–Crippen MR) is 138 cm³/mol. The van der Waals surface area contributed by atoms with Crippen LogP contribution in [-0.2, 0) is 28.8 Å². The fourth-order valence-electron chi connectivity index (χ4n) is 3.35. The standard InChI is InChI=1S/C25H45N5O7/c1-11(2)10-16(21(32)30-19(14(7)8)25(36)37)28-24(35)20(31)15(9)27-23(34)18(13(5)6)29-22(33)17(26)12(3)4/h11-19H,10,26H2,1-9H3,(H,27,34)(H,28,35)(H,29,33)(H,30,32)(H,36,37)/t15-,16-,17+,18+,19+/m1/s1. The van der Waals surface area contributed by atoms with Gasteiger partial charge in [-0.05, 0) is 37.0 Å². The van der Waals surface area contributed by atoms with Crippen LogP contribution in [0.4, 0.5) is 0 Å². The van der Waals surface area contributed by atoms with Crippen molar-refractivity contribution in [3.05, 3.63) is 0 Å². The van der Waals surface area contributed by atoms with Gasteiger partial charge < -0.3 is 32.1 Å². The van der Waals surface area contributed by atoms with Crippen LogP contribution in [0.3, 0.4) is 0 Å². The van der Waals surface area contributed by atoms with Crippen molar-refractivity contribution < 1.29 is 33.9 Å². The summed E-state index contributed by atoms with van der Waals surface area (Å²) in [6, 6.07) is -5.38. The van der Waals surface area contributed by atoms with Crippen LogP contribution in [0.15, 0.2) is 0 Å². The van der Waals surface area contributed by atoms with Crippen molar-refractivity contribution in [2.24, 2.45) is 29.4 Å². The average Bonchev–Trinajstić information content (AvgIpc) is 2.77. The molecule has 0 saturated carbocycles. The first kappa shape index (κ1) is 34.0. The lowest BCUT2D eigenvalue weighted by atomic mass is 9.99. The minimum absolute atomic E-state index is 0.0572. The van der Waals surface area contributed by atoms with E-state index in [4.69, 9.17) is 5.73 Å². The Hall–Kier alpha value is -3.02. The fourth-order valence-corrected chi connectivity index (χ4v) is 3.35. The van der Waals surface area contributed by atoms with Crippen molar-refractivity contribution in [2.45, 2.75) is 98.9 Å². The zero-order chi connectivity index (χ0) is 29.2. The molecule has 0 rings (SSSR count). The molecule has 0 aliphatic heterocycles. The summed E-state index contributed by atoms with van der Waals surface area (Å²) in [6.07, 6.45) is 0.160. The zero-order valence-corrected chi connectivity index (χ0v) is 23.4. The number of nitrogens with two attached hydrogens (primary N) is 1. The van der Waals surface area contributed by atoms with Crippen LogP contribution in [0.5, 0.6) is 0 Å². The highest BCUT2D eigenvalue weighted by molar-refractivity contribution is 6.38. The van der Waals surface area contributed by atoms with Crippen LogP contribution in [-0.4, -0.2) is 70.7 Å². The Labute approximate surface area is 219 Å². The maximum Gasteiger partial charge on any atom is 0.326 e. The van der Waals surface area contributed by atoms with Gasteiger partial charge in [-0.15, -0.1) is 0 Å². The quantitative estimate of drug-likeness (QED) is 0.159. The molecule has 0 heterocycles. The van der Waals surface area contributed by atoms with E-state index in [1.807, 2.05) is 0 Å². The van der Waals surface area contributed by atoms with Gasteiger partial charge in [0, 0.05) is 0 Å². The summed E-state index contributed by atoms with van der Waals surface area (Å²) in [5.41, 5.74) is 5.85. The molecule has 0 aromatic heterocycles. The third-order valence-corrected chi connectivity index (χ3v) is 5.80. The first-order chi connectivity index (χ1) is 16.9. The van der Waals surface area contributed by atoms with Crippen molar-refractivity contribution in [2.75, 3.05) is 0 Å². The molecular weight excluding hydrogens is 482 g/mol. The topological polar surface area (TPSA) is 197 Å². The molecule has 0 aliphatic rings. The van der Waals surface area contributed by atoms with E-state index in [-0.39, 0.29) is 24.2 Å². The predicted octanol–water partition coefficient (Wildman–Crippen LogP) is -0.0594. The molecular formula is C25H45N5O7. The summed E-state index contributed by atoms with van der Waals surface area (Å²) in [7, 11) is 0. The Bertz CT molecular complexity index is 841. The van der Waals surface area contributed by atoms with Gasteiger partial charge in [0.1, 0.15) is 18.1 Å². The van der Waals surface area contributed by atoms with Crippen LogP contribution < -0.4 is 27.0 Å². The molecule has 5 atom stereocenters. The normalized spacial score (nSPS) is 15.5. The number of hydrogen-bond donors (Lipinski definition) is 6. The highest BCUT2D eigenvalue weighted by atomic mass is 16.4. The van der Waals surface area contributed by atoms with Crippen molar-refractivity contribution in [3.8, 4) is 0 Å². The van der Waals surface area contributed by atoms with E-state index in [1.165, 1.54) is 6.92 Å². The number of carboxylic acid groups (broad SMARTS) is 1. The maximum absolute atomic E-state index is 12.8. The number of aliphatic carboxylic acids is 1. The van der Waals surface area contributed by atoms with Gasteiger partial charge in [0.25, 0.3) is 5.91 Å². The van der Waals surface area contributed by atoms with Gasteiger partial charge >= 0.3 is 5.97 Å². The molecule has 0 aromatic carbocycles. The van der Waals surface area contributed by atoms with Crippen LogP contribution in [0.25, 0.3) is 0 Å². The number of Topliss-reactive ketones (excluding diaryl/α,β-unsaturated/α-hetero) is 1. The van der Waals surface area contributed by atoms with Gasteiger partial charge in [0.15, 0.2) is 0 Å². The highest BCUT2D eigenvalue weighted by Crippen LogP contribution is 2.09. The van der Waals surface area contributed by atoms with Crippen molar-refractivity contribution in [1.82, 2.24) is 21.3 Å². The van der Waals surface area contributed by atoms with Crippen LogP contribution in [0, 0.1) is 23.7 Å². The molecule has 7 N–H and O–H groups in total. The second kappa shape index (κ2) is 15.3. The largest absolute Gasteiger partial charge is 0.480 e. The SMILES string of the molecule is CC(C)C[C@@H](NC(=O)C(=O)[C@@H](C)NC(=O)[C@@H](NC(=O)[C@@H](N)C(C)C)C(C)C)C(=O)N[C@H](C(=O)O)C(C)C. The molecule has 4 amide bonds. The van der Waals surface area contributed by atoms with E-state index in [2.05, 4.69) is 21.3 Å². The summed E-state index contributed by atoms with van der Waals surface area (Å²) in [5, 5.41) is 19.1. The van der Waals surface area contributed by atoms with Crippen LogP contribution in [0.1, 0.15) is 68.7 Å². The number of carbonyl (C=O) groups is 6. The van der Waals surface area contributed by atoms with E-state index >= 15 is 0 Å². The molecule has 0 saturated heterocycles. The zero-order valence-electron chi connectivity index (χ0n) is 23.4. The van der Waals surface area contributed by atoms with Crippen LogP contribution >= 0.6 is 0 Å². The molecule has 0 fully saturated rings. The number of rotatable bonds is 15. The lowest BCUT2D eigenvalue weighted by Gasteiger charge is -2.26. The number of amides is 4. The van der Waals surface area contributed by atoms with E-state index in [9.17, 15) is 33.9 Å². The average molecular weight is 528 g/mol. The maximum atomic E-state index is 12.8. The lowest BCUT2D eigenvalue weighted by molar-refractivity contribution is -0.144. The summed E-state index contributed by atoms with van der Waals surface area (Å²) >= 11 is 0. The minimum Gasteiger partial charge on any atom is -0.480 e. The second-order valence-corrected chi connectivity index (χ2v) is 10.8. The Kier molecular flexibility index (Phi) is 14.0. The van der Waals surface area contributed by atoms with Gasteiger partial charge in [-0.25, -0.2) is 4.79 Å². The number of ketones is 1. The number of carbonyl (C=O) groups excluding carboxylic acids is 5. The van der Waals surface area contributed by atoms with Crippen LogP contribution in [0.2, 0.25) is 0 Å². The number of nitrogens with one attached hydrogen (secondary N) is 4. The molecule has 12 heteroatoms. The van der Waals surface area contributed by atoms with Gasteiger partial charge in [0.2, 0.25) is 23.5 Å². The molecule has 12 nitrogen and oxygen atoms in total. The lowest BCUT2D eigenvalue weighted by Crippen LogP contribution is -2.58. The summed E-state index contributed by atoms with van der Waals surface area (Å²) in [5.74, 6) is -6.16. The third kappa shape index (κ3) is 11.3. The molecule has 0 aromatic rings. The Balaban J connectivity index is 5.42. The van der Waals surface area contributed by atoms with Gasteiger partial charge in [-0.1, -0.05) is 55.4 Å². The first-order valence-electron chi connectivity index (χ1n) is 12.6. The molecule has 0 radical (unpaired) electrons. The fraction of sp³-hybridized carbons (Fsp3) is 0.760. The van der Waals surface area contributed by atoms with E-state index < -0.39 is 71.5 Å². The number of carboxylic acids is 1. The first-order valence-corrected chi connectivity index (χ1v) is 12.6. The summed E-state index contributed by atoms with van der Waals surface area (Å²) in [4.78, 5) is 74.7. The Morgan fingerprint density at radius 3 is 1.54 bits per heavy atom. The third-order valence-electron chi connectivity index (χ3n) is 5.80. The smallest absolute Gasteiger partial charge is 0.326 e. The second-order valence-electron chi connectivity index (χ2n) is 10.8.